The average Bonchev–Trinajstić information content (AvgIpc) is 3.10. The molecule has 0 aromatic heterocycles. The van der Waals surface area contributed by atoms with Crippen LogP contribution >= 0.6 is 23.2 Å². The highest BCUT2D eigenvalue weighted by Gasteiger charge is 2.52. The molecule has 0 saturated carbocycles. The molecule has 1 amide bonds. The van der Waals surface area contributed by atoms with E-state index in [0.29, 0.717) is 22.6 Å². The van der Waals surface area contributed by atoms with Crippen LogP contribution in [0.5, 0.6) is 0 Å². The Bertz CT molecular complexity index is 1120. The molecule has 1 aromatic carbocycles. The summed E-state index contributed by atoms with van der Waals surface area (Å²) in [6.45, 7) is 14.6. The van der Waals surface area contributed by atoms with Gasteiger partial charge in [-0.3, -0.25) is 9.59 Å². The number of Topliss-reactive ketones (excluding diaryl/α,β-unsaturated/α-hetero) is 1. The van der Waals surface area contributed by atoms with Crippen LogP contribution in [0.25, 0.3) is 0 Å². The number of primary amides is 1. The standard InChI is InChI=1S/C26H38Cl2N2O4S/c1-15(2)11-17(24(29)32)13-21(31)18-14-22(25(3,4)5)30(35(33,34)26(6,7)8)23(18)16-9-10-19(27)20(28)12-16/h9-10,12,14-15,17,22-23H,11,13H2,1-8H3,(H2,29,32)/t17-,22+,23+/m1/s1. The Labute approximate surface area is 220 Å². The third-order valence-corrected chi connectivity index (χ3v) is 9.55. The molecule has 0 radical (unpaired) electrons. The molecule has 1 aliphatic heterocycles. The van der Waals surface area contributed by atoms with Crippen LogP contribution in [0.15, 0.2) is 29.8 Å². The van der Waals surface area contributed by atoms with Gasteiger partial charge in [0.1, 0.15) is 0 Å². The van der Waals surface area contributed by atoms with Crippen LogP contribution < -0.4 is 5.73 Å². The fourth-order valence-corrected chi connectivity index (χ4v) is 6.46. The number of carbonyl (C=O) groups is 2. The molecule has 0 spiro atoms. The fraction of sp³-hybridized carbons (Fsp3) is 0.615. The van der Waals surface area contributed by atoms with E-state index in [1.165, 1.54) is 4.31 Å². The van der Waals surface area contributed by atoms with E-state index in [1.54, 1.807) is 45.0 Å². The Balaban J connectivity index is 2.74. The molecule has 196 valence electrons. The number of halogens is 2. The number of nitrogens with zero attached hydrogens (tertiary/aromatic N) is 1. The summed E-state index contributed by atoms with van der Waals surface area (Å²) >= 11 is 12.5. The summed E-state index contributed by atoms with van der Waals surface area (Å²) in [5.41, 5.74) is 5.96. The van der Waals surface area contributed by atoms with Crippen LogP contribution in [0, 0.1) is 17.3 Å². The number of benzene rings is 1. The molecule has 1 aromatic rings. The monoisotopic (exact) mass is 544 g/mol. The maximum atomic E-state index is 13.9. The van der Waals surface area contributed by atoms with Gasteiger partial charge in [0.2, 0.25) is 15.9 Å². The third-order valence-electron chi connectivity index (χ3n) is 6.27. The van der Waals surface area contributed by atoms with Gasteiger partial charge in [-0.2, -0.15) is 4.31 Å². The van der Waals surface area contributed by atoms with Crippen LogP contribution in [0.2, 0.25) is 10.0 Å². The first-order valence-corrected chi connectivity index (χ1v) is 14.0. The van der Waals surface area contributed by atoms with Crippen molar-refractivity contribution in [1.29, 1.82) is 0 Å². The van der Waals surface area contributed by atoms with Crippen LogP contribution in [0.4, 0.5) is 0 Å². The van der Waals surface area contributed by atoms with Gasteiger partial charge in [0, 0.05) is 24.0 Å². The largest absolute Gasteiger partial charge is 0.369 e. The van der Waals surface area contributed by atoms with E-state index in [4.69, 9.17) is 28.9 Å². The topological polar surface area (TPSA) is 97.5 Å². The summed E-state index contributed by atoms with van der Waals surface area (Å²) in [7, 11) is -3.90. The molecule has 0 bridgehead atoms. The SMILES string of the molecule is CC(C)C[C@H](CC(=O)C1=C[C@@H](C(C)(C)C)N(S(=O)(=O)C(C)(C)C)[C@H]1c1ccc(Cl)c(Cl)c1)C(N)=O. The smallest absolute Gasteiger partial charge is 0.220 e. The van der Waals surface area contributed by atoms with Crippen molar-refractivity contribution >= 4 is 44.9 Å². The van der Waals surface area contributed by atoms with Gasteiger partial charge >= 0.3 is 0 Å². The lowest BCUT2D eigenvalue weighted by Gasteiger charge is -2.40. The minimum absolute atomic E-state index is 0.0859. The van der Waals surface area contributed by atoms with Crippen LogP contribution in [-0.2, 0) is 19.6 Å². The highest BCUT2D eigenvalue weighted by atomic mass is 35.5. The quantitative estimate of drug-likeness (QED) is 0.438. The molecule has 9 heteroatoms. The lowest BCUT2D eigenvalue weighted by atomic mass is 9.86. The van der Waals surface area contributed by atoms with E-state index in [9.17, 15) is 18.0 Å². The predicted octanol–water partition coefficient (Wildman–Crippen LogP) is 5.93. The Morgan fingerprint density at radius 3 is 2.06 bits per heavy atom. The summed E-state index contributed by atoms with van der Waals surface area (Å²) in [5.74, 6) is -1.31. The molecule has 2 N–H and O–H groups in total. The Kier molecular flexibility index (Phi) is 8.97. The molecule has 1 heterocycles. The van der Waals surface area contributed by atoms with E-state index in [-0.39, 0.29) is 23.1 Å². The normalized spacial score (nSPS) is 20.7. The predicted molar refractivity (Wildman–Crippen MR) is 143 cm³/mol. The number of carbonyl (C=O) groups excluding carboxylic acids is 2. The number of amides is 1. The fourth-order valence-electron chi connectivity index (χ4n) is 4.33. The summed E-state index contributed by atoms with van der Waals surface area (Å²) < 4.78 is 28.2. The number of hydrogen-bond donors (Lipinski definition) is 1. The molecule has 1 aliphatic rings. The minimum Gasteiger partial charge on any atom is -0.369 e. The zero-order valence-corrected chi connectivity index (χ0v) is 24.2. The van der Waals surface area contributed by atoms with Crippen molar-refractivity contribution in [2.24, 2.45) is 23.0 Å². The van der Waals surface area contributed by atoms with Crippen molar-refractivity contribution < 1.29 is 18.0 Å². The van der Waals surface area contributed by atoms with Crippen molar-refractivity contribution in [3.63, 3.8) is 0 Å². The van der Waals surface area contributed by atoms with Gasteiger partial charge < -0.3 is 5.73 Å². The summed E-state index contributed by atoms with van der Waals surface area (Å²) in [6, 6.07) is 3.39. The van der Waals surface area contributed by atoms with Gasteiger partial charge in [0.15, 0.2) is 5.78 Å². The molecule has 0 saturated heterocycles. The van der Waals surface area contributed by atoms with Gasteiger partial charge in [-0.1, -0.05) is 70.0 Å². The van der Waals surface area contributed by atoms with Crippen molar-refractivity contribution in [3.8, 4) is 0 Å². The number of rotatable bonds is 8. The first-order valence-electron chi connectivity index (χ1n) is 11.8. The molecule has 0 aliphatic carbocycles. The molecular formula is C26H38Cl2N2O4S. The molecule has 0 fully saturated rings. The van der Waals surface area contributed by atoms with Crippen molar-refractivity contribution in [2.75, 3.05) is 0 Å². The molecule has 2 rings (SSSR count). The number of ketones is 1. The number of hydrogen-bond acceptors (Lipinski definition) is 4. The zero-order chi connectivity index (χ0) is 27.1. The first kappa shape index (κ1) is 29.8. The van der Waals surface area contributed by atoms with E-state index in [0.717, 1.165) is 0 Å². The van der Waals surface area contributed by atoms with Gasteiger partial charge in [0.25, 0.3) is 0 Å². The zero-order valence-electron chi connectivity index (χ0n) is 21.9. The lowest BCUT2D eigenvalue weighted by Crippen LogP contribution is -2.51. The van der Waals surface area contributed by atoms with E-state index in [1.807, 2.05) is 34.6 Å². The maximum Gasteiger partial charge on any atom is 0.220 e. The average molecular weight is 546 g/mol. The second-order valence-corrected chi connectivity index (χ2v) is 15.2. The van der Waals surface area contributed by atoms with Gasteiger partial charge in [0.05, 0.1) is 20.8 Å². The maximum absolute atomic E-state index is 13.9. The highest BCUT2D eigenvalue weighted by Crippen LogP contribution is 2.48. The lowest BCUT2D eigenvalue weighted by molar-refractivity contribution is -0.126. The van der Waals surface area contributed by atoms with Crippen molar-refractivity contribution in [3.05, 3.63) is 45.5 Å². The molecule has 35 heavy (non-hydrogen) atoms. The van der Waals surface area contributed by atoms with Crippen LogP contribution in [0.3, 0.4) is 0 Å². The van der Waals surface area contributed by atoms with Gasteiger partial charge in [-0.25, -0.2) is 8.42 Å². The third kappa shape index (κ3) is 6.48. The number of nitrogens with two attached hydrogens (primary N) is 1. The highest BCUT2D eigenvalue weighted by molar-refractivity contribution is 7.90. The minimum atomic E-state index is -3.90. The van der Waals surface area contributed by atoms with E-state index < -0.39 is 44.1 Å². The molecule has 3 atom stereocenters. The molecular weight excluding hydrogens is 507 g/mol. The van der Waals surface area contributed by atoms with Gasteiger partial charge in [-0.15, -0.1) is 0 Å². The Hall–Kier alpha value is -1.41. The second kappa shape index (κ2) is 10.5. The molecule has 0 unspecified atom stereocenters. The Morgan fingerprint density at radius 2 is 1.63 bits per heavy atom. The Morgan fingerprint density at radius 1 is 1.06 bits per heavy atom. The van der Waals surface area contributed by atoms with Crippen molar-refractivity contribution in [2.45, 2.75) is 85.1 Å². The van der Waals surface area contributed by atoms with Crippen molar-refractivity contribution in [1.82, 2.24) is 4.31 Å². The van der Waals surface area contributed by atoms with E-state index >= 15 is 0 Å². The van der Waals surface area contributed by atoms with Crippen LogP contribution in [0.1, 0.15) is 79.8 Å². The first-order chi connectivity index (χ1) is 15.8. The summed E-state index contributed by atoms with van der Waals surface area (Å²) in [5, 5.41) is 0.590. The summed E-state index contributed by atoms with van der Waals surface area (Å²) in [6.07, 6.45) is 2.13. The second-order valence-electron chi connectivity index (χ2n) is 11.8. The summed E-state index contributed by atoms with van der Waals surface area (Å²) in [4.78, 5) is 25.8. The molecule has 6 nitrogen and oxygen atoms in total. The number of sulfonamides is 1. The van der Waals surface area contributed by atoms with Crippen LogP contribution in [-0.4, -0.2) is 35.2 Å². The van der Waals surface area contributed by atoms with E-state index in [2.05, 4.69) is 0 Å². The van der Waals surface area contributed by atoms with Gasteiger partial charge in [-0.05, 0) is 56.2 Å².